The highest BCUT2D eigenvalue weighted by Gasteiger charge is 2.06. The molecule has 0 bridgehead atoms. The molecule has 5 heteroatoms. The van der Waals surface area contributed by atoms with Gasteiger partial charge in [-0.05, 0) is 12.8 Å². The number of halogens is 2. The Morgan fingerprint density at radius 2 is 2.13 bits per heavy atom. The van der Waals surface area contributed by atoms with Gasteiger partial charge in [0.2, 0.25) is 0 Å². The zero-order valence-corrected chi connectivity index (χ0v) is 10.3. The maximum absolute atomic E-state index is 5.97. The second-order valence-electron chi connectivity index (χ2n) is 3.37. The van der Waals surface area contributed by atoms with Gasteiger partial charge in [-0.3, -0.25) is 0 Å². The molecule has 1 heterocycles. The summed E-state index contributed by atoms with van der Waals surface area (Å²) in [6.45, 7) is 0.938. The van der Waals surface area contributed by atoms with E-state index in [1.807, 2.05) is 11.9 Å². The van der Waals surface area contributed by atoms with Crippen LogP contribution < -0.4 is 4.90 Å². The maximum atomic E-state index is 5.97. The third kappa shape index (κ3) is 4.22. The first kappa shape index (κ1) is 12.5. The molecule has 0 unspecified atom stereocenters. The van der Waals surface area contributed by atoms with E-state index < -0.39 is 0 Å². The second kappa shape index (κ2) is 6.85. The number of hydrogen-bond donors (Lipinski definition) is 0. The molecule has 0 saturated carbocycles. The van der Waals surface area contributed by atoms with Crippen LogP contribution in [0.5, 0.6) is 0 Å². The predicted molar refractivity (Wildman–Crippen MR) is 64.9 cm³/mol. The summed E-state index contributed by atoms with van der Waals surface area (Å²) in [4.78, 5) is 10.0. The van der Waals surface area contributed by atoms with E-state index in [0.29, 0.717) is 5.02 Å². The van der Waals surface area contributed by atoms with Crippen LogP contribution in [0.15, 0.2) is 12.5 Å². The summed E-state index contributed by atoms with van der Waals surface area (Å²) >= 11 is 11.6. The molecular weight excluding hydrogens is 233 g/mol. The molecule has 0 aliphatic rings. The molecule has 0 amide bonds. The predicted octanol–water partition coefficient (Wildman–Crippen LogP) is 2.98. The van der Waals surface area contributed by atoms with Gasteiger partial charge in [0.25, 0.3) is 0 Å². The zero-order valence-electron chi connectivity index (χ0n) is 8.79. The molecule has 0 aliphatic heterocycles. The molecule has 15 heavy (non-hydrogen) atoms. The molecule has 0 N–H and O–H groups in total. The topological polar surface area (TPSA) is 29.0 Å². The second-order valence-corrected chi connectivity index (χ2v) is 4.15. The lowest BCUT2D eigenvalue weighted by Gasteiger charge is -2.18. The summed E-state index contributed by atoms with van der Waals surface area (Å²) in [6.07, 6.45) is 6.42. The van der Waals surface area contributed by atoms with E-state index in [4.69, 9.17) is 23.2 Å². The van der Waals surface area contributed by atoms with Gasteiger partial charge in [0.15, 0.2) is 5.82 Å². The van der Waals surface area contributed by atoms with Gasteiger partial charge in [0, 0.05) is 19.5 Å². The molecule has 0 fully saturated rings. The van der Waals surface area contributed by atoms with E-state index in [1.54, 1.807) is 6.20 Å². The van der Waals surface area contributed by atoms with Crippen LogP contribution in [0, 0.1) is 0 Å². The Hall–Kier alpha value is -0.540. The zero-order chi connectivity index (χ0) is 11.1. The monoisotopic (exact) mass is 247 g/mol. The van der Waals surface area contributed by atoms with Crippen molar-refractivity contribution < 1.29 is 0 Å². The van der Waals surface area contributed by atoms with Crippen LogP contribution in [0.2, 0.25) is 5.02 Å². The smallest absolute Gasteiger partial charge is 0.150 e. The van der Waals surface area contributed by atoms with Crippen molar-refractivity contribution in [2.24, 2.45) is 0 Å². The van der Waals surface area contributed by atoms with Crippen LogP contribution in [0.3, 0.4) is 0 Å². The van der Waals surface area contributed by atoms with E-state index >= 15 is 0 Å². The minimum Gasteiger partial charge on any atom is -0.358 e. The van der Waals surface area contributed by atoms with E-state index in [0.717, 1.165) is 37.5 Å². The molecule has 1 aromatic rings. The number of hydrogen-bond acceptors (Lipinski definition) is 3. The van der Waals surface area contributed by atoms with Crippen LogP contribution in [0.25, 0.3) is 0 Å². The number of rotatable bonds is 6. The maximum Gasteiger partial charge on any atom is 0.150 e. The van der Waals surface area contributed by atoms with Gasteiger partial charge >= 0.3 is 0 Å². The quantitative estimate of drug-likeness (QED) is 0.572. The van der Waals surface area contributed by atoms with Crippen LogP contribution in [-0.4, -0.2) is 29.4 Å². The lowest BCUT2D eigenvalue weighted by molar-refractivity contribution is 0.703. The Morgan fingerprint density at radius 3 is 2.80 bits per heavy atom. The summed E-state index contributed by atoms with van der Waals surface area (Å²) in [5.41, 5.74) is 0. The van der Waals surface area contributed by atoms with Gasteiger partial charge < -0.3 is 4.90 Å². The average Bonchev–Trinajstić information content (AvgIpc) is 2.25. The number of unbranched alkanes of at least 4 members (excludes halogenated alkanes) is 2. The fourth-order valence-electron chi connectivity index (χ4n) is 1.31. The van der Waals surface area contributed by atoms with Gasteiger partial charge in [-0.15, -0.1) is 11.6 Å². The Morgan fingerprint density at radius 1 is 1.33 bits per heavy atom. The van der Waals surface area contributed by atoms with Crippen molar-refractivity contribution in [3.05, 3.63) is 17.5 Å². The van der Waals surface area contributed by atoms with Crippen molar-refractivity contribution in [3.8, 4) is 0 Å². The molecule has 0 atom stereocenters. The highest BCUT2D eigenvalue weighted by molar-refractivity contribution is 6.32. The molecule has 0 spiro atoms. The lowest BCUT2D eigenvalue weighted by atomic mass is 10.2. The fourth-order valence-corrected chi connectivity index (χ4v) is 1.75. The van der Waals surface area contributed by atoms with Crippen molar-refractivity contribution in [2.45, 2.75) is 19.3 Å². The van der Waals surface area contributed by atoms with Crippen LogP contribution in [0.4, 0.5) is 5.82 Å². The molecule has 1 rings (SSSR count). The largest absolute Gasteiger partial charge is 0.358 e. The molecule has 84 valence electrons. The summed E-state index contributed by atoms with van der Waals surface area (Å²) in [6, 6.07) is 0. The van der Waals surface area contributed by atoms with Crippen molar-refractivity contribution in [1.82, 2.24) is 9.97 Å². The van der Waals surface area contributed by atoms with Crippen LogP contribution in [-0.2, 0) is 0 Å². The molecule has 0 aromatic carbocycles. The molecule has 3 nitrogen and oxygen atoms in total. The summed E-state index contributed by atoms with van der Waals surface area (Å²) < 4.78 is 0. The molecular formula is C10H15Cl2N3. The summed E-state index contributed by atoms with van der Waals surface area (Å²) in [7, 11) is 1.98. The van der Waals surface area contributed by atoms with Crippen LogP contribution >= 0.6 is 23.2 Å². The average molecular weight is 248 g/mol. The molecule has 0 radical (unpaired) electrons. The third-order valence-corrected chi connectivity index (χ3v) is 2.67. The first-order valence-corrected chi connectivity index (χ1v) is 5.89. The normalized spacial score (nSPS) is 10.3. The highest BCUT2D eigenvalue weighted by atomic mass is 35.5. The number of aromatic nitrogens is 2. The minimum absolute atomic E-state index is 0.595. The van der Waals surface area contributed by atoms with Gasteiger partial charge in [0.1, 0.15) is 11.3 Å². The van der Waals surface area contributed by atoms with Crippen molar-refractivity contribution in [2.75, 3.05) is 24.4 Å². The molecule has 1 aromatic heterocycles. The number of alkyl halides is 1. The SMILES string of the molecule is CN(CCCCCCl)c1ncncc1Cl. The Bertz CT molecular complexity index is 294. The van der Waals surface area contributed by atoms with E-state index in [2.05, 4.69) is 9.97 Å². The summed E-state index contributed by atoms with van der Waals surface area (Å²) in [5, 5.41) is 0.595. The number of anilines is 1. The van der Waals surface area contributed by atoms with Crippen molar-refractivity contribution >= 4 is 29.0 Å². The standard InChI is InChI=1S/C10H15Cl2N3/c1-15(6-4-2-3-5-11)10-9(12)7-13-8-14-10/h7-8H,2-6H2,1H3. The Kier molecular flexibility index (Phi) is 5.73. The summed E-state index contributed by atoms with van der Waals surface area (Å²) in [5.74, 6) is 1.52. The van der Waals surface area contributed by atoms with E-state index in [9.17, 15) is 0 Å². The van der Waals surface area contributed by atoms with Crippen molar-refractivity contribution in [3.63, 3.8) is 0 Å². The highest BCUT2D eigenvalue weighted by Crippen LogP contribution is 2.20. The Labute approximate surface area is 100 Å². The number of nitrogens with zero attached hydrogens (tertiary/aromatic N) is 3. The Balaban J connectivity index is 2.40. The van der Waals surface area contributed by atoms with Gasteiger partial charge in [-0.25, -0.2) is 9.97 Å². The third-order valence-electron chi connectivity index (χ3n) is 2.14. The van der Waals surface area contributed by atoms with E-state index in [1.165, 1.54) is 6.33 Å². The van der Waals surface area contributed by atoms with Gasteiger partial charge in [-0.1, -0.05) is 18.0 Å². The minimum atomic E-state index is 0.595. The van der Waals surface area contributed by atoms with Gasteiger partial charge in [0.05, 0.1) is 6.20 Å². The molecule has 0 saturated heterocycles. The van der Waals surface area contributed by atoms with Crippen molar-refractivity contribution in [1.29, 1.82) is 0 Å². The van der Waals surface area contributed by atoms with Crippen LogP contribution in [0.1, 0.15) is 19.3 Å². The van der Waals surface area contributed by atoms with E-state index in [-0.39, 0.29) is 0 Å². The first-order chi connectivity index (χ1) is 7.25. The molecule has 0 aliphatic carbocycles. The van der Waals surface area contributed by atoms with Gasteiger partial charge in [-0.2, -0.15) is 0 Å². The first-order valence-electron chi connectivity index (χ1n) is 4.98. The lowest BCUT2D eigenvalue weighted by Crippen LogP contribution is -2.20. The fraction of sp³-hybridized carbons (Fsp3) is 0.600.